The van der Waals surface area contributed by atoms with E-state index < -0.39 is 12.5 Å². The molecule has 0 saturated heterocycles. The molecule has 1 aliphatic rings. The van der Waals surface area contributed by atoms with E-state index in [4.69, 9.17) is 11.6 Å². The third-order valence-corrected chi connectivity index (χ3v) is 8.30. The third kappa shape index (κ3) is 6.27. The molecule has 10 nitrogen and oxygen atoms in total. The lowest BCUT2D eigenvalue weighted by molar-refractivity contribution is -0.119. The van der Waals surface area contributed by atoms with E-state index in [9.17, 15) is 23.6 Å². The topological polar surface area (TPSA) is 131 Å². The zero-order valence-electron chi connectivity index (χ0n) is 24.6. The highest BCUT2D eigenvalue weighted by atomic mass is 35.5. The molecule has 46 heavy (non-hydrogen) atoms. The zero-order valence-corrected chi connectivity index (χ0v) is 25.3. The van der Waals surface area contributed by atoms with Gasteiger partial charge in [-0.25, -0.2) is 18.4 Å². The summed E-state index contributed by atoms with van der Waals surface area (Å²) in [5, 5.41) is 20.3. The first-order chi connectivity index (χ1) is 22.2. The molecule has 4 heterocycles. The van der Waals surface area contributed by atoms with Crippen molar-refractivity contribution in [2.45, 2.75) is 45.1 Å². The predicted molar refractivity (Wildman–Crippen MR) is 168 cm³/mol. The highest BCUT2D eigenvalue weighted by Crippen LogP contribution is 2.35. The van der Waals surface area contributed by atoms with Crippen LogP contribution >= 0.6 is 11.6 Å². The molecule has 0 aliphatic carbocycles. The minimum absolute atomic E-state index is 0.129. The summed E-state index contributed by atoms with van der Waals surface area (Å²) in [7, 11) is 0. The van der Waals surface area contributed by atoms with Crippen LogP contribution in [-0.4, -0.2) is 35.4 Å². The molecule has 5 aromatic rings. The smallest absolute Gasteiger partial charge is 0.263 e. The Labute approximate surface area is 267 Å². The van der Waals surface area contributed by atoms with Crippen molar-refractivity contribution in [3.63, 3.8) is 0 Å². The Morgan fingerprint density at radius 2 is 1.85 bits per heavy atom. The van der Waals surface area contributed by atoms with Gasteiger partial charge in [-0.1, -0.05) is 48.7 Å². The normalized spacial score (nSPS) is 16.8. The van der Waals surface area contributed by atoms with Crippen molar-refractivity contribution in [1.29, 1.82) is 5.26 Å². The second kappa shape index (κ2) is 13.0. The number of aromatic nitrogens is 6. The summed E-state index contributed by atoms with van der Waals surface area (Å²) >= 11 is 6.32. The van der Waals surface area contributed by atoms with Gasteiger partial charge in [0.1, 0.15) is 6.07 Å². The molecule has 2 bridgehead atoms. The standard InChI is InChI=1S/C33H27ClF2N8O2/c1-19-4-2-3-5-30(28-12-20(10-11-38-28)24-8-6-21(32(35)36)13-27(24)40-33(19)46)43-18-39-26(15-31(43)45)25-14-22(34)7-9-29(25)44-17-23(16-37)41-42-44/h6-15,17-19,30,32H,2-5H2,1H3,(H,40,46)/t19-,30+/m1/s1. The molecule has 0 saturated carbocycles. The quantitative estimate of drug-likeness (QED) is 0.230. The number of amides is 1. The molecule has 6 rings (SSSR count). The molecule has 13 heteroatoms. The maximum Gasteiger partial charge on any atom is 0.263 e. The van der Waals surface area contributed by atoms with Crippen LogP contribution < -0.4 is 10.9 Å². The minimum atomic E-state index is -2.70. The number of alkyl halides is 2. The first-order valence-corrected chi connectivity index (χ1v) is 15.0. The van der Waals surface area contributed by atoms with Crippen LogP contribution in [0.25, 0.3) is 28.1 Å². The van der Waals surface area contributed by atoms with Gasteiger partial charge in [0.25, 0.3) is 12.0 Å². The van der Waals surface area contributed by atoms with Gasteiger partial charge >= 0.3 is 0 Å². The zero-order chi connectivity index (χ0) is 32.4. The Kier molecular flexibility index (Phi) is 8.68. The Morgan fingerprint density at radius 1 is 1.02 bits per heavy atom. The number of rotatable bonds is 4. The van der Waals surface area contributed by atoms with Crippen LogP contribution in [0.4, 0.5) is 14.5 Å². The average Bonchev–Trinajstić information content (AvgIpc) is 3.54. The van der Waals surface area contributed by atoms with Crippen LogP contribution in [-0.2, 0) is 4.79 Å². The van der Waals surface area contributed by atoms with Crippen molar-refractivity contribution < 1.29 is 13.6 Å². The SMILES string of the molecule is C[C@@H]1CCCC[C@H](n2cnc(-c3cc(Cl)ccc3-n3cc(C#N)nn3)cc2=O)c2cc(ccn2)-c2ccc(C(F)F)cc2NC1=O. The van der Waals surface area contributed by atoms with Gasteiger partial charge in [0.15, 0.2) is 5.69 Å². The monoisotopic (exact) mass is 640 g/mol. The number of anilines is 1. The molecule has 0 unspecified atom stereocenters. The highest BCUT2D eigenvalue weighted by molar-refractivity contribution is 6.31. The van der Waals surface area contributed by atoms with E-state index in [1.165, 1.54) is 40.0 Å². The van der Waals surface area contributed by atoms with Crippen LogP contribution in [0.3, 0.4) is 0 Å². The third-order valence-electron chi connectivity index (χ3n) is 8.06. The van der Waals surface area contributed by atoms with Gasteiger partial charge in [0.2, 0.25) is 5.91 Å². The summed E-state index contributed by atoms with van der Waals surface area (Å²) in [5.74, 6) is -0.600. The van der Waals surface area contributed by atoms with E-state index >= 15 is 0 Å². The van der Waals surface area contributed by atoms with Crippen molar-refractivity contribution in [2.24, 2.45) is 5.92 Å². The number of nitrogens with zero attached hydrogens (tertiary/aromatic N) is 7. The fourth-order valence-electron chi connectivity index (χ4n) is 5.59. The van der Waals surface area contributed by atoms with Crippen molar-refractivity contribution in [3.05, 3.63) is 106 Å². The van der Waals surface area contributed by atoms with Crippen LogP contribution in [0, 0.1) is 17.2 Å². The molecule has 0 radical (unpaired) electrons. The number of carbonyl (C=O) groups is 1. The van der Waals surface area contributed by atoms with Crippen LogP contribution in [0.15, 0.2) is 78.1 Å². The van der Waals surface area contributed by atoms with Gasteiger partial charge in [-0.2, -0.15) is 5.26 Å². The predicted octanol–water partition coefficient (Wildman–Crippen LogP) is 6.75. The van der Waals surface area contributed by atoms with Crippen molar-refractivity contribution in [3.8, 4) is 34.1 Å². The lowest BCUT2D eigenvalue weighted by atomic mass is 9.98. The number of nitrogens with one attached hydrogen (secondary N) is 1. The Bertz CT molecular complexity index is 2040. The molecule has 1 aliphatic heterocycles. The largest absolute Gasteiger partial charge is 0.325 e. The molecule has 0 spiro atoms. The number of halogens is 3. The fraction of sp³-hybridized carbons (Fsp3) is 0.242. The average molecular weight is 641 g/mol. The first kappa shape index (κ1) is 30.7. The van der Waals surface area contributed by atoms with E-state index in [0.717, 1.165) is 0 Å². The van der Waals surface area contributed by atoms with Gasteiger partial charge in [0, 0.05) is 45.6 Å². The Balaban J connectivity index is 1.42. The minimum Gasteiger partial charge on any atom is -0.325 e. The Morgan fingerprint density at radius 3 is 2.61 bits per heavy atom. The van der Waals surface area contributed by atoms with Gasteiger partial charge < -0.3 is 5.32 Å². The number of hydrogen-bond acceptors (Lipinski definition) is 7. The van der Waals surface area contributed by atoms with E-state index in [1.54, 1.807) is 36.5 Å². The van der Waals surface area contributed by atoms with Crippen LogP contribution in [0.2, 0.25) is 5.02 Å². The van der Waals surface area contributed by atoms with Crippen molar-refractivity contribution in [1.82, 2.24) is 29.5 Å². The highest BCUT2D eigenvalue weighted by Gasteiger charge is 2.23. The number of carbonyl (C=O) groups excluding carboxylic acids is 1. The summed E-state index contributed by atoms with van der Waals surface area (Å²) in [6.45, 7) is 1.81. The van der Waals surface area contributed by atoms with Gasteiger partial charge in [-0.05, 0) is 54.8 Å². The maximum absolute atomic E-state index is 13.8. The van der Waals surface area contributed by atoms with Crippen molar-refractivity contribution >= 4 is 23.2 Å². The molecule has 2 aromatic carbocycles. The van der Waals surface area contributed by atoms with E-state index in [0.29, 0.717) is 64.5 Å². The van der Waals surface area contributed by atoms with Gasteiger partial charge in [-0.3, -0.25) is 19.1 Å². The summed E-state index contributed by atoms with van der Waals surface area (Å²) in [5.41, 5.74) is 3.10. The Hall–Kier alpha value is -5.28. The van der Waals surface area contributed by atoms with E-state index in [2.05, 4.69) is 25.6 Å². The number of fused-ring (bicyclic) bond motifs is 4. The second-order valence-corrected chi connectivity index (χ2v) is 11.5. The van der Waals surface area contributed by atoms with Crippen LogP contribution in [0.1, 0.15) is 62.0 Å². The van der Waals surface area contributed by atoms with Crippen LogP contribution in [0.5, 0.6) is 0 Å². The lowest BCUT2D eigenvalue weighted by Gasteiger charge is -2.20. The van der Waals surface area contributed by atoms with E-state index in [-0.39, 0.29) is 34.3 Å². The second-order valence-electron chi connectivity index (χ2n) is 11.1. The number of hydrogen-bond donors (Lipinski definition) is 1. The number of pyridine rings is 1. The van der Waals surface area contributed by atoms with Gasteiger partial charge in [0.05, 0.1) is 35.6 Å². The fourth-order valence-corrected chi connectivity index (χ4v) is 5.77. The molecular formula is C33H27ClF2N8O2. The molecule has 3 aromatic heterocycles. The molecule has 232 valence electrons. The molecular weight excluding hydrogens is 614 g/mol. The summed E-state index contributed by atoms with van der Waals surface area (Å²) < 4.78 is 30.1. The lowest BCUT2D eigenvalue weighted by Crippen LogP contribution is -2.26. The number of nitriles is 1. The van der Waals surface area contributed by atoms with Gasteiger partial charge in [-0.15, -0.1) is 5.10 Å². The maximum atomic E-state index is 13.8. The van der Waals surface area contributed by atoms with Crippen molar-refractivity contribution in [2.75, 3.05) is 5.32 Å². The summed E-state index contributed by atoms with van der Waals surface area (Å²) in [4.78, 5) is 36.0. The number of benzene rings is 2. The molecule has 1 N–H and O–H groups in total. The molecule has 2 atom stereocenters. The summed E-state index contributed by atoms with van der Waals surface area (Å²) in [6, 6.07) is 15.6. The molecule has 1 amide bonds. The van der Waals surface area contributed by atoms with E-state index in [1.807, 2.05) is 19.1 Å². The summed E-state index contributed by atoms with van der Waals surface area (Å²) in [6.07, 6.45) is 4.35. The molecule has 0 fully saturated rings. The first-order valence-electron chi connectivity index (χ1n) is 14.6.